The van der Waals surface area contributed by atoms with E-state index in [0.29, 0.717) is 12.1 Å². The molecule has 1 heterocycles. The lowest BCUT2D eigenvalue weighted by Gasteiger charge is -2.28. The Morgan fingerprint density at radius 3 is 2.93 bits per heavy atom. The van der Waals surface area contributed by atoms with Gasteiger partial charge in [0.15, 0.2) is 0 Å². The van der Waals surface area contributed by atoms with Crippen LogP contribution in [0.2, 0.25) is 0 Å². The van der Waals surface area contributed by atoms with Gasteiger partial charge in [-0.1, -0.05) is 18.5 Å². The summed E-state index contributed by atoms with van der Waals surface area (Å²) >= 11 is 5.73. The molecular weight excluding hydrogens is 208 g/mol. The van der Waals surface area contributed by atoms with Crippen molar-refractivity contribution in [2.24, 2.45) is 0 Å². The summed E-state index contributed by atoms with van der Waals surface area (Å²) in [5, 5.41) is 3.59. The Labute approximate surface area is 98.7 Å². The molecule has 3 heteroatoms. The molecule has 1 N–H and O–H groups in total. The van der Waals surface area contributed by atoms with Crippen molar-refractivity contribution in [3.05, 3.63) is 11.1 Å². The minimum atomic E-state index is 0.637. The molecule has 1 saturated heterocycles. The minimum absolute atomic E-state index is 0.637. The zero-order valence-electron chi connectivity index (χ0n) is 10.1. The van der Waals surface area contributed by atoms with Crippen molar-refractivity contribution in [2.45, 2.75) is 45.7 Å². The zero-order chi connectivity index (χ0) is 11.3. The molecule has 88 valence electrons. The van der Waals surface area contributed by atoms with Crippen LogP contribution in [0.5, 0.6) is 0 Å². The zero-order valence-corrected chi connectivity index (χ0v) is 10.8. The van der Waals surface area contributed by atoms with Gasteiger partial charge in [-0.15, -0.1) is 0 Å². The van der Waals surface area contributed by atoms with Crippen molar-refractivity contribution in [3.8, 4) is 0 Å². The molecule has 2 nitrogen and oxygen atoms in total. The van der Waals surface area contributed by atoms with E-state index in [-0.39, 0.29) is 0 Å². The van der Waals surface area contributed by atoms with E-state index in [2.05, 4.69) is 31.0 Å². The van der Waals surface area contributed by atoms with Crippen molar-refractivity contribution in [1.82, 2.24) is 10.2 Å². The molecule has 0 aromatic heterocycles. The lowest BCUT2D eigenvalue weighted by atomic mass is 10.1. The van der Waals surface area contributed by atoms with Gasteiger partial charge in [0.1, 0.15) is 0 Å². The molecule has 2 unspecified atom stereocenters. The Balaban J connectivity index is 2.57. The van der Waals surface area contributed by atoms with Crippen LogP contribution >= 0.6 is 11.6 Å². The number of nitrogens with zero attached hydrogens (tertiary/aromatic N) is 1. The Morgan fingerprint density at radius 2 is 2.33 bits per heavy atom. The van der Waals surface area contributed by atoms with Crippen LogP contribution in [0, 0.1) is 0 Å². The monoisotopic (exact) mass is 230 g/mol. The Kier molecular flexibility index (Phi) is 5.65. The standard InChI is InChI=1S/C12H23ClN2/c1-4-12-9-15(8-10(2)7-13)11(3)5-6-14-12/h7,11-12,14H,4-6,8-9H2,1-3H3. The smallest absolute Gasteiger partial charge is 0.0205 e. The van der Waals surface area contributed by atoms with E-state index in [4.69, 9.17) is 11.6 Å². The summed E-state index contributed by atoms with van der Waals surface area (Å²) in [6.07, 6.45) is 2.43. The molecule has 0 amide bonds. The van der Waals surface area contributed by atoms with Crippen molar-refractivity contribution in [3.63, 3.8) is 0 Å². The highest BCUT2D eigenvalue weighted by molar-refractivity contribution is 6.25. The van der Waals surface area contributed by atoms with Crippen LogP contribution in [0.1, 0.15) is 33.6 Å². The maximum Gasteiger partial charge on any atom is 0.0205 e. The van der Waals surface area contributed by atoms with Crippen molar-refractivity contribution in [2.75, 3.05) is 19.6 Å². The predicted octanol–water partition coefficient (Wildman–Crippen LogP) is 2.59. The summed E-state index contributed by atoms with van der Waals surface area (Å²) in [5.74, 6) is 0. The molecule has 0 aromatic rings. The summed E-state index contributed by atoms with van der Waals surface area (Å²) in [6.45, 7) is 9.93. The quantitative estimate of drug-likeness (QED) is 0.802. The molecule has 2 atom stereocenters. The molecule has 0 saturated carbocycles. The van der Waals surface area contributed by atoms with Gasteiger partial charge in [0.25, 0.3) is 0 Å². The first-order chi connectivity index (χ1) is 7.17. The molecule has 0 aromatic carbocycles. The molecule has 0 radical (unpaired) electrons. The van der Waals surface area contributed by atoms with Gasteiger partial charge in [0.05, 0.1) is 0 Å². The fraction of sp³-hybridized carbons (Fsp3) is 0.833. The third-order valence-corrected chi connectivity index (χ3v) is 3.58. The normalized spacial score (nSPS) is 30.3. The SMILES string of the molecule is CCC1CN(CC(C)=CCl)C(C)CCN1. The Morgan fingerprint density at radius 1 is 1.60 bits per heavy atom. The molecule has 1 fully saturated rings. The third-order valence-electron chi connectivity index (χ3n) is 3.20. The Bertz CT molecular complexity index is 216. The largest absolute Gasteiger partial charge is 0.313 e. The van der Waals surface area contributed by atoms with E-state index in [1.807, 2.05) is 0 Å². The van der Waals surface area contributed by atoms with Crippen LogP contribution in [0.25, 0.3) is 0 Å². The number of hydrogen-bond acceptors (Lipinski definition) is 2. The molecule has 1 aliphatic rings. The van der Waals surface area contributed by atoms with Crippen molar-refractivity contribution in [1.29, 1.82) is 0 Å². The molecule has 1 aliphatic heterocycles. The second-order valence-electron chi connectivity index (χ2n) is 4.58. The molecular formula is C12H23ClN2. The van der Waals surface area contributed by atoms with Gasteiger partial charge >= 0.3 is 0 Å². The van der Waals surface area contributed by atoms with Crippen LogP contribution in [0.4, 0.5) is 0 Å². The average Bonchev–Trinajstić information content (AvgIpc) is 2.41. The van der Waals surface area contributed by atoms with Crippen LogP contribution in [-0.4, -0.2) is 36.6 Å². The van der Waals surface area contributed by atoms with Crippen LogP contribution in [-0.2, 0) is 0 Å². The van der Waals surface area contributed by atoms with Gasteiger partial charge < -0.3 is 5.32 Å². The van der Waals surface area contributed by atoms with E-state index in [1.165, 1.54) is 18.4 Å². The van der Waals surface area contributed by atoms with Gasteiger partial charge in [0, 0.05) is 30.7 Å². The lowest BCUT2D eigenvalue weighted by Crippen LogP contribution is -2.40. The minimum Gasteiger partial charge on any atom is -0.313 e. The second kappa shape index (κ2) is 6.51. The third kappa shape index (κ3) is 4.13. The molecule has 1 rings (SSSR count). The molecule has 15 heavy (non-hydrogen) atoms. The van der Waals surface area contributed by atoms with Crippen LogP contribution in [0.15, 0.2) is 11.1 Å². The van der Waals surface area contributed by atoms with E-state index in [1.54, 1.807) is 5.54 Å². The summed E-state index contributed by atoms with van der Waals surface area (Å²) < 4.78 is 0. The summed E-state index contributed by atoms with van der Waals surface area (Å²) in [7, 11) is 0. The highest BCUT2D eigenvalue weighted by atomic mass is 35.5. The van der Waals surface area contributed by atoms with E-state index in [0.717, 1.165) is 19.6 Å². The van der Waals surface area contributed by atoms with Gasteiger partial charge in [-0.2, -0.15) is 0 Å². The summed E-state index contributed by atoms with van der Waals surface area (Å²) in [5.41, 5.74) is 2.95. The Hall–Kier alpha value is -0.0500. The van der Waals surface area contributed by atoms with E-state index >= 15 is 0 Å². The first-order valence-corrected chi connectivity index (χ1v) is 6.34. The van der Waals surface area contributed by atoms with Gasteiger partial charge in [0.2, 0.25) is 0 Å². The number of nitrogens with one attached hydrogen (secondary N) is 1. The number of rotatable bonds is 3. The van der Waals surface area contributed by atoms with E-state index in [9.17, 15) is 0 Å². The maximum absolute atomic E-state index is 5.73. The average molecular weight is 231 g/mol. The second-order valence-corrected chi connectivity index (χ2v) is 4.80. The first kappa shape index (κ1) is 13.0. The highest BCUT2D eigenvalue weighted by Gasteiger charge is 2.21. The molecule has 0 aliphatic carbocycles. The van der Waals surface area contributed by atoms with Crippen molar-refractivity contribution >= 4 is 11.6 Å². The van der Waals surface area contributed by atoms with E-state index < -0.39 is 0 Å². The number of halogens is 1. The fourth-order valence-corrected chi connectivity index (χ4v) is 2.12. The molecule has 0 spiro atoms. The maximum atomic E-state index is 5.73. The van der Waals surface area contributed by atoms with Gasteiger partial charge in [-0.3, -0.25) is 4.90 Å². The predicted molar refractivity (Wildman–Crippen MR) is 67.3 cm³/mol. The van der Waals surface area contributed by atoms with Crippen LogP contribution < -0.4 is 5.32 Å². The van der Waals surface area contributed by atoms with Crippen molar-refractivity contribution < 1.29 is 0 Å². The fourth-order valence-electron chi connectivity index (χ4n) is 2.06. The topological polar surface area (TPSA) is 15.3 Å². The van der Waals surface area contributed by atoms with Crippen LogP contribution in [0.3, 0.4) is 0 Å². The summed E-state index contributed by atoms with van der Waals surface area (Å²) in [4.78, 5) is 2.53. The van der Waals surface area contributed by atoms with Gasteiger partial charge in [-0.05, 0) is 38.8 Å². The molecule has 0 bridgehead atoms. The lowest BCUT2D eigenvalue weighted by molar-refractivity contribution is 0.220. The summed E-state index contributed by atoms with van der Waals surface area (Å²) in [6, 6.07) is 1.29. The number of hydrogen-bond donors (Lipinski definition) is 1. The van der Waals surface area contributed by atoms with Gasteiger partial charge in [-0.25, -0.2) is 0 Å². The first-order valence-electron chi connectivity index (χ1n) is 5.90. The highest BCUT2D eigenvalue weighted by Crippen LogP contribution is 2.13.